The lowest BCUT2D eigenvalue weighted by molar-refractivity contribution is -0.384. The molecule has 8 nitrogen and oxygen atoms in total. The standard InChI is InChI=1S/C17H20N4O4/c1-20-10-15(17(23)18-12-4-8-14(22)9-5-12)16(19-20)11-2-6-13(7-3-11)21(24)25/h2-3,6-7,10,12,14,22H,4-5,8-9H2,1H3,(H,18,23). The van der Waals surface area contributed by atoms with Crippen LogP contribution in [0.15, 0.2) is 30.5 Å². The first-order chi connectivity index (χ1) is 11.9. The van der Waals surface area contributed by atoms with Gasteiger partial charge >= 0.3 is 0 Å². The molecule has 1 aromatic carbocycles. The molecule has 0 unspecified atom stereocenters. The van der Waals surface area contributed by atoms with Crippen LogP contribution >= 0.6 is 0 Å². The summed E-state index contributed by atoms with van der Waals surface area (Å²) in [6.07, 6.45) is 4.24. The maximum absolute atomic E-state index is 12.6. The fraction of sp³-hybridized carbons (Fsp3) is 0.412. The van der Waals surface area contributed by atoms with Gasteiger partial charge in [0.1, 0.15) is 5.69 Å². The number of hydrogen-bond acceptors (Lipinski definition) is 5. The van der Waals surface area contributed by atoms with E-state index in [1.807, 2.05) is 0 Å². The second kappa shape index (κ2) is 7.02. The van der Waals surface area contributed by atoms with Gasteiger partial charge < -0.3 is 10.4 Å². The SMILES string of the molecule is Cn1cc(C(=O)NC2CCC(O)CC2)c(-c2ccc([N+](=O)[O-])cc2)n1. The van der Waals surface area contributed by atoms with Crippen LogP contribution in [0, 0.1) is 10.1 Å². The Balaban J connectivity index is 1.80. The van der Waals surface area contributed by atoms with Gasteiger partial charge in [0.2, 0.25) is 0 Å². The van der Waals surface area contributed by atoms with Crippen LogP contribution in [0.25, 0.3) is 11.3 Å². The van der Waals surface area contributed by atoms with Crippen LogP contribution in [0.2, 0.25) is 0 Å². The summed E-state index contributed by atoms with van der Waals surface area (Å²) in [5, 5.41) is 27.7. The van der Waals surface area contributed by atoms with Crippen LogP contribution in [0.1, 0.15) is 36.0 Å². The minimum absolute atomic E-state index is 0.00792. The third-order valence-corrected chi connectivity index (χ3v) is 4.46. The Hall–Kier alpha value is -2.74. The van der Waals surface area contributed by atoms with Crippen molar-refractivity contribution in [1.82, 2.24) is 15.1 Å². The van der Waals surface area contributed by atoms with E-state index in [-0.39, 0.29) is 23.7 Å². The molecule has 0 spiro atoms. The van der Waals surface area contributed by atoms with Gasteiger partial charge in [-0.05, 0) is 37.8 Å². The zero-order valence-electron chi connectivity index (χ0n) is 13.9. The number of carbonyl (C=O) groups excluding carboxylic acids is 1. The van der Waals surface area contributed by atoms with E-state index in [1.54, 1.807) is 30.1 Å². The predicted octanol–water partition coefficient (Wildman–Crippen LogP) is 2.03. The van der Waals surface area contributed by atoms with Gasteiger partial charge in [-0.1, -0.05) is 0 Å². The molecular formula is C17H20N4O4. The third kappa shape index (κ3) is 3.85. The van der Waals surface area contributed by atoms with Crippen LogP contribution in [0.4, 0.5) is 5.69 Å². The van der Waals surface area contributed by atoms with Crippen LogP contribution in [-0.4, -0.2) is 37.9 Å². The summed E-state index contributed by atoms with van der Waals surface area (Å²) in [5.41, 5.74) is 1.56. The van der Waals surface area contributed by atoms with Crippen LogP contribution in [0.3, 0.4) is 0 Å². The monoisotopic (exact) mass is 344 g/mol. The second-order valence-corrected chi connectivity index (χ2v) is 6.35. The molecule has 2 N–H and O–H groups in total. The second-order valence-electron chi connectivity index (χ2n) is 6.35. The summed E-state index contributed by atoms with van der Waals surface area (Å²) in [4.78, 5) is 23.0. The van der Waals surface area contributed by atoms with Gasteiger partial charge in [0.25, 0.3) is 11.6 Å². The van der Waals surface area contributed by atoms with Gasteiger partial charge in [0.15, 0.2) is 0 Å². The molecule has 1 amide bonds. The van der Waals surface area contributed by atoms with Gasteiger partial charge in [0.05, 0.1) is 16.6 Å². The lowest BCUT2D eigenvalue weighted by atomic mass is 9.93. The molecule has 2 aromatic rings. The molecule has 1 aliphatic carbocycles. The first-order valence-corrected chi connectivity index (χ1v) is 8.21. The van der Waals surface area contributed by atoms with Crippen LogP contribution in [-0.2, 0) is 7.05 Å². The van der Waals surface area contributed by atoms with Crippen molar-refractivity contribution in [2.45, 2.75) is 37.8 Å². The molecule has 0 radical (unpaired) electrons. The molecule has 1 fully saturated rings. The van der Waals surface area contributed by atoms with Crippen LogP contribution < -0.4 is 5.32 Å². The molecule has 1 saturated carbocycles. The van der Waals surface area contributed by atoms with Crippen LogP contribution in [0.5, 0.6) is 0 Å². The topological polar surface area (TPSA) is 110 Å². The van der Waals surface area contributed by atoms with Gasteiger partial charge in [-0.2, -0.15) is 5.10 Å². The maximum atomic E-state index is 12.6. The van der Waals surface area contributed by atoms with Crippen molar-refractivity contribution in [1.29, 1.82) is 0 Å². The van der Waals surface area contributed by atoms with Gasteiger partial charge in [-0.15, -0.1) is 0 Å². The lowest BCUT2D eigenvalue weighted by Gasteiger charge is -2.26. The Labute approximate surface area is 144 Å². The summed E-state index contributed by atoms with van der Waals surface area (Å²) in [6, 6.07) is 6.02. The molecule has 25 heavy (non-hydrogen) atoms. The van der Waals surface area contributed by atoms with Gasteiger partial charge in [0, 0.05) is 37.0 Å². The van der Waals surface area contributed by atoms with Gasteiger partial charge in [-0.25, -0.2) is 0 Å². The van der Waals surface area contributed by atoms with Crippen molar-refractivity contribution in [3.05, 3.63) is 46.1 Å². The number of non-ortho nitro benzene ring substituents is 1. The Bertz CT molecular complexity index is 776. The summed E-state index contributed by atoms with van der Waals surface area (Å²) in [7, 11) is 1.72. The Morgan fingerprint density at radius 1 is 1.28 bits per heavy atom. The average Bonchev–Trinajstić information content (AvgIpc) is 2.99. The largest absolute Gasteiger partial charge is 0.393 e. The summed E-state index contributed by atoms with van der Waals surface area (Å²) in [6.45, 7) is 0. The van der Waals surface area contributed by atoms with E-state index in [2.05, 4.69) is 10.4 Å². The predicted molar refractivity (Wildman–Crippen MR) is 91.0 cm³/mol. The Morgan fingerprint density at radius 2 is 1.92 bits per heavy atom. The maximum Gasteiger partial charge on any atom is 0.269 e. The number of aliphatic hydroxyl groups excluding tert-OH is 1. The van der Waals surface area contributed by atoms with Gasteiger partial charge in [-0.3, -0.25) is 19.6 Å². The molecule has 0 aliphatic heterocycles. The molecule has 0 saturated heterocycles. The van der Waals surface area contributed by atoms with E-state index < -0.39 is 4.92 Å². The highest BCUT2D eigenvalue weighted by Crippen LogP contribution is 2.25. The number of nitro benzene ring substituents is 1. The molecule has 1 aromatic heterocycles. The molecule has 1 heterocycles. The zero-order chi connectivity index (χ0) is 18.0. The number of nitro groups is 1. The molecule has 0 atom stereocenters. The molecule has 8 heteroatoms. The minimum Gasteiger partial charge on any atom is -0.393 e. The first-order valence-electron chi connectivity index (χ1n) is 8.21. The number of hydrogen-bond donors (Lipinski definition) is 2. The molecule has 132 valence electrons. The first kappa shape index (κ1) is 17.1. The number of nitrogens with one attached hydrogen (secondary N) is 1. The van der Waals surface area contributed by atoms with E-state index in [9.17, 15) is 20.0 Å². The van der Waals surface area contributed by atoms with E-state index in [0.717, 1.165) is 12.8 Å². The highest BCUT2D eigenvalue weighted by Gasteiger charge is 2.24. The van der Waals surface area contributed by atoms with Crippen molar-refractivity contribution in [2.75, 3.05) is 0 Å². The van der Waals surface area contributed by atoms with Crippen molar-refractivity contribution >= 4 is 11.6 Å². The van der Waals surface area contributed by atoms with Crippen molar-refractivity contribution in [3.63, 3.8) is 0 Å². The highest BCUT2D eigenvalue weighted by molar-refractivity contribution is 6.00. The van der Waals surface area contributed by atoms with Crippen molar-refractivity contribution < 1.29 is 14.8 Å². The molecule has 1 aliphatic rings. The van der Waals surface area contributed by atoms with E-state index in [1.165, 1.54) is 12.1 Å². The number of carbonyl (C=O) groups is 1. The number of rotatable bonds is 4. The molecule has 0 bridgehead atoms. The third-order valence-electron chi connectivity index (χ3n) is 4.46. The molecular weight excluding hydrogens is 324 g/mol. The Kier molecular flexibility index (Phi) is 4.80. The number of aliphatic hydroxyl groups is 1. The van der Waals surface area contributed by atoms with E-state index in [4.69, 9.17) is 0 Å². The quantitative estimate of drug-likeness (QED) is 0.651. The van der Waals surface area contributed by atoms with Crippen molar-refractivity contribution in [3.8, 4) is 11.3 Å². The number of nitrogens with zero attached hydrogens (tertiary/aromatic N) is 3. The number of aromatic nitrogens is 2. The summed E-state index contributed by atoms with van der Waals surface area (Å²) < 4.78 is 1.55. The summed E-state index contributed by atoms with van der Waals surface area (Å²) >= 11 is 0. The lowest BCUT2D eigenvalue weighted by Crippen LogP contribution is -2.38. The Morgan fingerprint density at radius 3 is 2.52 bits per heavy atom. The minimum atomic E-state index is -0.465. The normalized spacial score (nSPS) is 20.2. The number of aryl methyl sites for hydroxylation is 1. The molecule has 3 rings (SSSR count). The number of amides is 1. The fourth-order valence-corrected chi connectivity index (χ4v) is 3.09. The van der Waals surface area contributed by atoms with Crippen molar-refractivity contribution in [2.24, 2.45) is 7.05 Å². The average molecular weight is 344 g/mol. The van der Waals surface area contributed by atoms with E-state index in [0.29, 0.717) is 29.7 Å². The van der Waals surface area contributed by atoms with E-state index >= 15 is 0 Å². The summed E-state index contributed by atoms with van der Waals surface area (Å²) in [5.74, 6) is -0.220. The zero-order valence-corrected chi connectivity index (χ0v) is 13.9. The fourth-order valence-electron chi connectivity index (χ4n) is 3.09. The number of benzene rings is 1. The highest BCUT2D eigenvalue weighted by atomic mass is 16.6. The smallest absolute Gasteiger partial charge is 0.269 e.